The van der Waals surface area contributed by atoms with E-state index in [0.29, 0.717) is 12.5 Å². The van der Waals surface area contributed by atoms with E-state index >= 15 is 0 Å². The largest absolute Gasteiger partial charge is 0.461 e. The lowest BCUT2D eigenvalue weighted by atomic mass is 9.55. The fraction of sp³-hybridized carbons (Fsp3) is 0.630. The number of aliphatic hydroxyl groups excluding tert-OH is 1. The van der Waals surface area contributed by atoms with Gasteiger partial charge in [0, 0.05) is 42.1 Å². The molecule has 2 aliphatic heterocycles. The molecular formula is C27H36NO4+. The first-order valence-corrected chi connectivity index (χ1v) is 12.4. The Morgan fingerprint density at radius 2 is 1.91 bits per heavy atom. The second kappa shape index (κ2) is 8.42. The van der Waals surface area contributed by atoms with Gasteiger partial charge in [0.1, 0.15) is 12.0 Å². The maximum atomic E-state index is 12.9. The highest BCUT2D eigenvalue weighted by atomic mass is 16.6. The Kier molecular flexibility index (Phi) is 5.75. The number of hydrogen-bond donors (Lipinski definition) is 2. The van der Waals surface area contributed by atoms with Crippen LogP contribution in [-0.4, -0.2) is 48.7 Å². The molecule has 6 atom stereocenters. The molecule has 3 fully saturated rings. The average Bonchev–Trinajstić information content (AvgIpc) is 3.11. The zero-order valence-electron chi connectivity index (χ0n) is 19.3. The average molecular weight is 439 g/mol. The van der Waals surface area contributed by atoms with E-state index in [2.05, 4.69) is 19.9 Å². The van der Waals surface area contributed by atoms with Crippen molar-refractivity contribution in [2.75, 3.05) is 19.6 Å². The van der Waals surface area contributed by atoms with Crippen molar-refractivity contribution in [3.8, 4) is 0 Å². The van der Waals surface area contributed by atoms with Crippen LogP contribution in [0.15, 0.2) is 42.0 Å². The number of rotatable bonds is 4. The van der Waals surface area contributed by atoms with E-state index in [1.54, 1.807) is 0 Å². The van der Waals surface area contributed by atoms with Crippen molar-refractivity contribution in [1.82, 2.24) is 0 Å². The van der Waals surface area contributed by atoms with Crippen molar-refractivity contribution in [1.29, 1.82) is 0 Å². The minimum Gasteiger partial charge on any atom is -0.461 e. The van der Waals surface area contributed by atoms with Gasteiger partial charge in [-0.25, -0.2) is 0 Å². The van der Waals surface area contributed by atoms with Crippen molar-refractivity contribution in [3.63, 3.8) is 0 Å². The third-order valence-electron chi connectivity index (χ3n) is 9.20. The highest BCUT2D eigenvalue weighted by molar-refractivity contribution is 5.97. The smallest absolute Gasteiger partial charge is 0.315 e. The lowest BCUT2D eigenvalue weighted by Gasteiger charge is -2.51. The molecule has 0 bridgehead atoms. The Balaban J connectivity index is 1.25. The molecule has 0 radical (unpaired) electrons. The van der Waals surface area contributed by atoms with Gasteiger partial charge in [-0.05, 0) is 18.8 Å². The summed E-state index contributed by atoms with van der Waals surface area (Å²) >= 11 is 0. The molecule has 1 aromatic carbocycles. The van der Waals surface area contributed by atoms with Gasteiger partial charge in [0.15, 0.2) is 5.78 Å². The van der Waals surface area contributed by atoms with Crippen LogP contribution in [0.3, 0.4) is 0 Å². The Labute approximate surface area is 190 Å². The number of esters is 1. The molecule has 0 aromatic heterocycles. The van der Waals surface area contributed by atoms with E-state index in [9.17, 15) is 14.7 Å². The van der Waals surface area contributed by atoms with Crippen LogP contribution in [0.4, 0.5) is 0 Å². The van der Waals surface area contributed by atoms with Gasteiger partial charge >= 0.3 is 5.97 Å². The maximum Gasteiger partial charge on any atom is 0.315 e. The van der Waals surface area contributed by atoms with Crippen molar-refractivity contribution in [2.24, 2.45) is 29.1 Å². The predicted molar refractivity (Wildman–Crippen MR) is 121 cm³/mol. The van der Waals surface area contributed by atoms with E-state index in [-0.39, 0.29) is 41.0 Å². The highest BCUT2D eigenvalue weighted by Crippen LogP contribution is 2.55. The third kappa shape index (κ3) is 3.54. The van der Waals surface area contributed by atoms with E-state index in [4.69, 9.17) is 4.74 Å². The zero-order chi connectivity index (χ0) is 22.5. The number of piperidine rings is 1. The van der Waals surface area contributed by atoms with Crippen LogP contribution in [0.1, 0.15) is 56.3 Å². The molecule has 4 aliphatic rings. The number of Topliss-reactive ketones (excluding diaryl/α,β-unsaturated/α-hetero) is 1. The fourth-order valence-electron chi connectivity index (χ4n) is 6.94. The van der Waals surface area contributed by atoms with Gasteiger partial charge in [0.05, 0.1) is 25.7 Å². The van der Waals surface area contributed by atoms with Crippen LogP contribution in [0, 0.1) is 29.1 Å². The molecule has 2 N–H and O–H groups in total. The summed E-state index contributed by atoms with van der Waals surface area (Å²) in [6, 6.07) is 9.57. The topological polar surface area (TPSA) is 68.0 Å². The summed E-state index contributed by atoms with van der Waals surface area (Å²) < 4.78 is 5.83. The van der Waals surface area contributed by atoms with Crippen LogP contribution in [-0.2, 0) is 9.53 Å². The molecule has 172 valence electrons. The lowest BCUT2D eigenvalue weighted by molar-refractivity contribution is -0.908. The number of ketones is 1. The summed E-state index contributed by atoms with van der Waals surface area (Å²) in [5.74, 6) is 0.206. The van der Waals surface area contributed by atoms with E-state index in [0.717, 1.165) is 50.8 Å². The molecule has 0 spiro atoms. The van der Waals surface area contributed by atoms with Crippen LogP contribution in [0.5, 0.6) is 0 Å². The van der Waals surface area contributed by atoms with Gasteiger partial charge in [-0.15, -0.1) is 0 Å². The van der Waals surface area contributed by atoms with Crippen molar-refractivity contribution < 1.29 is 24.3 Å². The summed E-state index contributed by atoms with van der Waals surface area (Å²) in [7, 11) is 0. The second-order valence-electron chi connectivity index (χ2n) is 10.8. The summed E-state index contributed by atoms with van der Waals surface area (Å²) in [6.45, 7) is 6.91. The van der Waals surface area contributed by atoms with E-state index < -0.39 is 6.10 Å². The number of hydrogen-bond acceptors (Lipinski definition) is 4. The molecule has 1 saturated carbocycles. The molecule has 0 unspecified atom stereocenters. The SMILES string of the molecule is C[C@@H]1CCC=C2C[C@H]3OC(=O)[C@@H](C[NH+]4CCC(C(=O)c5ccccc5)CC4)[C@H]3[C@@H](O)[C@@]21C. The molecule has 0 amide bonds. The number of quaternary nitrogens is 1. The normalized spacial score (nSPS) is 41.3. The molecule has 2 aliphatic carbocycles. The molecule has 2 saturated heterocycles. The lowest BCUT2D eigenvalue weighted by Crippen LogP contribution is -3.14. The summed E-state index contributed by atoms with van der Waals surface area (Å²) in [4.78, 5) is 27.1. The van der Waals surface area contributed by atoms with Crippen molar-refractivity contribution in [3.05, 3.63) is 47.5 Å². The number of nitrogens with one attached hydrogen (secondary N) is 1. The van der Waals surface area contributed by atoms with Gasteiger partial charge < -0.3 is 14.7 Å². The highest BCUT2D eigenvalue weighted by Gasteiger charge is 2.60. The van der Waals surface area contributed by atoms with Gasteiger partial charge in [-0.1, -0.05) is 55.8 Å². The molecule has 1 aromatic rings. The Bertz CT molecular complexity index is 903. The number of likely N-dealkylation sites (tertiary alicyclic amines) is 1. The van der Waals surface area contributed by atoms with Crippen LogP contribution in [0.2, 0.25) is 0 Å². The Hall–Kier alpha value is -1.98. The quantitative estimate of drug-likeness (QED) is 0.431. The van der Waals surface area contributed by atoms with Crippen LogP contribution >= 0.6 is 0 Å². The molecular weight excluding hydrogens is 402 g/mol. The molecule has 2 heterocycles. The number of ether oxygens (including phenoxy) is 1. The van der Waals surface area contributed by atoms with Crippen molar-refractivity contribution in [2.45, 2.75) is 58.2 Å². The first kappa shape index (κ1) is 21.8. The first-order valence-electron chi connectivity index (χ1n) is 12.4. The van der Waals surface area contributed by atoms with Gasteiger partial charge in [0.2, 0.25) is 0 Å². The predicted octanol–water partition coefficient (Wildman–Crippen LogP) is 2.45. The number of carbonyl (C=O) groups excluding carboxylic acids is 2. The third-order valence-corrected chi connectivity index (χ3v) is 9.20. The fourth-order valence-corrected chi connectivity index (χ4v) is 6.94. The monoisotopic (exact) mass is 438 g/mol. The standard InChI is InChI=1S/C27H35NO4/c1-17-7-6-10-20-15-22-23(25(30)27(17,20)2)21(26(31)32-22)16-28-13-11-19(12-14-28)24(29)18-8-4-3-5-9-18/h3-5,8-10,17,19,21-23,25,30H,6-7,11-16H2,1-2H3/p+1/t17-,21+,22-,23-,25-,27-/m1/s1. The molecule has 32 heavy (non-hydrogen) atoms. The minimum absolute atomic E-state index is 0.0689. The summed E-state index contributed by atoms with van der Waals surface area (Å²) in [5, 5.41) is 11.5. The van der Waals surface area contributed by atoms with Gasteiger partial charge in [-0.3, -0.25) is 9.59 Å². The molecule has 5 heteroatoms. The van der Waals surface area contributed by atoms with Gasteiger partial charge in [-0.2, -0.15) is 0 Å². The van der Waals surface area contributed by atoms with Crippen molar-refractivity contribution >= 4 is 11.8 Å². The minimum atomic E-state index is -0.546. The number of aliphatic hydroxyl groups is 1. The molecule has 5 rings (SSSR count). The number of carbonyl (C=O) groups is 2. The summed E-state index contributed by atoms with van der Waals surface area (Å²) in [6.07, 6.45) is 6.15. The number of fused-ring (bicyclic) bond motifs is 2. The van der Waals surface area contributed by atoms with Gasteiger partial charge in [0.25, 0.3) is 0 Å². The maximum absolute atomic E-state index is 12.9. The Morgan fingerprint density at radius 3 is 2.62 bits per heavy atom. The van der Waals surface area contributed by atoms with Crippen LogP contribution < -0.4 is 4.90 Å². The number of allylic oxidation sites excluding steroid dienone is 1. The zero-order valence-corrected chi connectivity index (χ0v) is 19.3. The van der Waals surface area contributed by atoms with Crippen LogP contribution in [0.25, 0.3) is 0 Å². The van der Waals surface area contributed by atoms with E-state index in [1.165, 1.54) is 10.5 Å². The second-order valence-corrected chi connectivity index (χ2v) is 10.8. The Morgan fingerprint density at radius 1 is 1.19 bits per heavy atom. The number of benzene rings is 1. The summed E-state index contributed by atoms with van der Waals surface area (Å²) in [5.41, 5.74) is 1.83. The molecule has 5 nitrogen and oxygen atoms in total. The van der Waals surface area contributed by atoms with E-state index in [1.807, 2.05) is 30.3 Å². The first-order chi connectivity index (χ1) is 15.4.